The first-order chi connectivity index (χ1) is 8.81. The van der Waals surface area contributed by atoms with Crippen LogP contribution in [0.1, 0.15) is 10.8 Å². The van der Waals surface area contributed by atoms with Crippen molar-refractivity contribution in [2.75, 3.05) is 6.61 Å². The molecule has 90 valence electrons. The molecule has 0 amide bonds. The second kappa shape index (κ2) is 5.99. The number of hydrogen-bond acceptors (Lipinski definition) is 4. The van der Waals surface area contributed by atoms with E-state index in [9.17, 15) is 4.79 Å². The Morgan fingerprint density at radius 1 is 1.28 bits per heavy atom. The van der Waals surface area contributed by atoms with Crippen molar-refractivity contribution >= 4 is 17.1 Å². The zero-order valence-electron chi connectivity index (χ0n) is 9.58. The average molecular weight is 257 g/mol. The molecule has 1 atom stereocenters. The molecule has 1 heterocycles. The van der Waals surface area contributed by atoms with Crippen molar-refractivity contribution in [2.45, 2.75) is 5.92 Å². The first-order valence-corrected chi connectivity index (χ1v) is 6.33. The van der Waals surface area contributed by atoms with Crippen LogP contribution >= 0.6 is 11.3 Å². The predicted octanol–water partition coefficient (Wildman–Crippen LogP) is 3.00. The zero-order chi connectivity index (χ0) is 12.8. The molecule has 18 heavy (non-hydrogen) atoms. The number of para-hydroxylation sites is 1. The van der Waals surface area contributed by atoms with Gasteiger partial charge in [0, 0.05) is 4.88 Å². The van der Waals surface area contributed by atoms with Crippen LogP contribution in [0.2, 0.25) is 0 Å². The number of nitriles is 1. The van der Waals surface area contributed by atoms with Crippen LogP contribution < -0.4 is 4.74 Å². The van der Waals surface area contributed by atoms with E-state index in [2.05, 4.69) is 0 Å². The minimum absolute atomic E-state index is 0.0832. The summed E-state index contributed by atoms with van der Waals surface area (Å²) in [5, 5.41) is 10.9. The molecule has 3 nitrogen and oxygen atoms in total. The van der Waals surface area contributed by atoms with E-state index in [1.165, 1.54) is 11.3 Å². The van der Waals surface area contributed by atoms with Gasteiger partial charge in [-0.2, -0.15) is 5.26 Å². The lowest BCUT2D eigenvalue weighted by atomic mass is 10.1. The van der Waals surface area contributed by atoms with Crippen LogP contribution in [0.5, 0.6) is 5.75 Å². The largest absolute Gasteiger partial charge is 0.486 e. The maximum Gasteiger partial charge on any atom is 0.192 e. The number of benzene rings is 1. The third-order valence-corrected chi connectivity index (χ3v) is 3.34. The lowest BCUT2D eigenvalue weighted by Crippen LogP contribution is -2.18. The minimum atomic E-state index is -0.728. The van der Waals surface area contributed by atoms with Gasteiger partial charge in [0.1, 0.15) is 18.3 Å². The SMILES string of the molecule is N#C[C@H](C(=O)COc1ccccc1)c1cccs1. The molecule has 0 bridgehead atoms. The van der Waals surface area contributed by atoms with E-state index in [0.29, 0.717) is 5.75 Å². The molecular formula is C14H11NO2S. The second-order valence-corrected chi connectivity index (χ2v) is 4.62. The first kappa shape index (κ1) is 12.3. The minimum Gasteiger partial charge on any atom is -0.486 e. The highest BCUT2D eigenvalue weighted by molar-refractivity contribution is 7.10. The normalized spacial score (nSPS) is 11.5. The summed E-state index contributed by atoms with van der Waals surface area (Å²) in [6.07, 6.45) is 0. The van der Waals surface area contributed by atoms with Gasteiger partial charge in [-0.05, 0) is 23.6 Å². The number of ketones is 1. The van der Waals surface area contributed by atoms with Gasteiger partial charge in [0.15, 0.2) is 5.78 Å². The van der Waals surface area contributed by atoms with Gasteiger partial charge < -0.3 is 4.74 Å². The smallest absolute Gasteiger partial charge is 0.192 e. The van der Waals surface area contributed by atoms with Gasteiger partial charge in [-0.25, -0.2) is 0 Å². The van der Waals surface area contributed by atoms with Gasteiger partial charge >= 0.3 is 0 Å². The Bertz CT molecular complexity index is 543. The number of nitrogens with zero attached hydrogens (tertiary/aromatic N) is 1. The van der Waals surface area contributed by atoms with E-state index in [1.807, 2.05) is 35.7 Å². The van der Waals surface area contributed by atoms with Crippen molar-refractivity contribution in [1.29, 1.82) is 5.26 Å². The highest BCUT2D eigenvalue weighted by Gasteiger charge is 2.21. The number of carbonyl (C=O) groups is 1. The lowest BCUT2D eigenvalue weighted by Gasteiger charge is -2.08. The Hall–Kier alpha value is -2.12. The van der Waals surface area contributed by atoms with Crippen molar-refractivity contribution in [3.8, 4) is 11.8 Å². The zero-order valence-corrected chi connectivity index (χ0v) is 10.4. The summed E-state index contributed by atoms with van der Waals surface area (Å²) in [6.45, 7) is -0.0832. The highest BCUT2D eigenvalue weighted by atomic mass is 32.1. The molecule has 2 rings (SSSR count). The van der Waals surface area contributed by atoms with Crippen molar-refractivity contribution < 1.29 is 9.53 Å². The number of Topliss-reactive ketones (excluding diaryl/α,β-unsaturated/α-hetero) is 1. The van der Waals surface area contributed by atoms with E-state index in [4.69, 9.17) is 10.00 Å². The molecule has 1 aromatic carbocycles. The van der Waals surface area contributed by atoms with Crippen LogP contribution in [0.25, 0.3) is 0 Å². The van der Waals surface area contributed by atoms with Gasteiger partial charge in [0.25, 0.3) is 0 Å². The molecule has 0 aliphatic rings. The van der Waals surface area contributed by atoms with E-state index in [-0.39, 0.29) is 12.4 Å². The van der Waals surface area contributed by atoms with Crippen molar-refractivity contribution in [2.24, 2.45) is 0 Å². The molecule has 0 radical (unpaired) electrons. The number of hydrogen-bond donors (Lipinski definition) is 0. The van der Waals surface area contributed by atoms with Crippen LogP contribution in [-0.2, 0) is 4.79 Å². The summed E-state index contributed by atoms with van der Waals surface area (Å²) in [7, 11) is 0. The van der Waals surface area contributed by atoms with E-state index in [1.54, 1.807) is 18.2 Å². The van der Waals surface area contributed by atoms with Crippen LogP contribution in [0, 0.1) is 11.3 Å². The van der Waals surface area contributed by atoms with Crippen LogP contribution in [-0.4, -0.2) is 12.4 Å². The fraction of sp³-hybridized carbons (Fsp3) is 0.143. The molecule has 0 N–H and O–H groups in total. The van der Waals surface area contributed by atoms with Gasteiger partial charge in [0.05, 0.1) is 6.07 Å². The topological polar surface area (TPSA) is 50.1 Å². The third-order valence-electron chi connectivity index (χ3n) is 2.40. The summed E-state index contributed by atoms with van der Waals surface area (Å²) in [6, 6.07) is 14.7. The first-order valence-electron chi connectivity index (χ1n) is 5.45. The van der Waals surface area contributed by atoms with Crippen molar-refractivity contribution in [3.63, 3.8) is 0 Å². The highest BCUT2D eigenvalue weighted by Crippen LogP contribution is 2.21. The lowest BCUT2D eigenvalue weighted by molar-refractivity contribution is -0.121. The van der Waals surface area contributed by atoms with Crippen LogP contribution in [0.15, 0.2) is 47.8 Å². The number of rotatable bonds is 5. The van der Waals surface area contributed by atoms with Crippen molar-refractivity contribution in [3.05, 3.63) is 52.7 Å². The summed E-state index contributed by atoms with van der Waals surface area (Å²) < 4.78 is 5.35. The van der Waals surface area contributed by atoms with E-state index < -0.39 is 5.92 Å². The molecule has 0 unspecified atom stereocenters. The number of thiophene rings is 1. The van der Waals surface area contributed by atoms with E-state index >= 15 is 0 Å². The summed E-state index contributed by atoms with van der Waals surface area (Å²) in [4.78, 5) is 12.7. The van der Waals surface area contributed by atoms with Gasteiger partial charge in [-0.1, -0.05) is 24.3 Å². The molecule has 0 fully saturated rings. The van der Waals surface area contributed by atoms with E-state index in [0.717, 1.165) is 4.88 Å². The molecular weight excluding hydrogens is 246 g/mol. The molecule has 0 spiro atoms. The molecule has 1 aromatic heterocycles. The molecule has 2 aromatic rings. The fourth-order valence-corrected chi connectivity index (χ4v) is 2.30. The maximum absolute atomic E-state index is 11.9. The second-order valence-electron chi connectivity index (χ2n) is 3.65. The predicted molar refractivity (Wildman–Crippen MR) is 69.6 cm³/mol. The molecule has 0 aliphatic heterocycles. The molecule has 0 saturated carbocycles. The van der Waals surface area contributed by atoms with Gasteiger partial charge in [-0.15, -0.1) is 11.3 Å². The van der Waals surface area contributed by atoms with Crippen LogP contribution in [0.4, 0.5) is 0 Å². The number of carbonyl (C=O) groups excluding carboxylic acids is 1. The Morgan fingerprint density at radius 2 is 2.06 bits per heavy atom. The maximum atomic E-state index is 11.9. The summed E-state index contributed by atoms with van der Waals surface area (Å²) in [5.41, 5.74) is 0. The quantitative estimate of drug-likeness (QED) is 0.827. The van der Waals surface area contributed by atoms with Gasteiger partial charge in [0.2, 0.25) is 0 Å². The summed E-state index contributed by atoms with van der Waals surface area (Å²) >= 11 is 1.41. The Kier molecular flexibility index (Phi) is 4.11. The Labute approximate surface area is 109 Å². The monoisotopic (exact) mass is 257 g/mol. The van der Waals surface area contributed by atoms with Gasteiger partial charge in [-0.3, -0.25) is 4.79 Å². The average Bonchev–Trinajstić information content (AvgIpc) is 2.92. The fourth-order valence-electron chi connectivity index (χ4n) is 1.50. The number of ether oxygens (including phenoxy) is 1. The van der Waals surface area contributed by atoms with Crippen LogP contribution in [0.3, 0.4) is 0 Å². The molecule has 0 aliphatic carbocycles. The summed E-state index contributed by atoms with van der Waals surface area (Å²) in [5.74, 6) is -0.314. The molecule has 4 heteroatoms. The standard InChI is InChI=1S/C14H11NO2S/c15-9-12(14-7-4-8-18-14)13(16)10-17-11-5-2-1-3-6-11/h1-8,12H,10H2/t12-/m1/s1. The third kappa shape index (κ3) is 2.96. The van der Waals surface area contributed by atoms with Crippen molar-refractivity contribution in [1.82, 2.24) is 0 Å². The Balaban J connectivity index is 1.98. The Morgan fingerprint density at radius 3 is 2.67 bits per heavy atom. The molecule has 0 saturated heterocycles.